The predicted molar refractivity (Wildman–Crippen MR) is 107 cm³/mol. The second-order valence-corrected chi connectivity index (χ2v) is 7.88. The smallest absolute Gasteiger partial charge is 0.167 e. The number of nitrogens with one attached hydrogen (secondary N) is 1. The van der Waals surface area contributed by atoms with Crippen LogP contribution in [0, 0.1) is 0 Å². The van der Waals surface area contributed by atoms with E-state index in [-0.39, 0.29) is 6.04 Å². The second-order valence-electron chi connectivity index (χ2n) is 7.88. The van der Waals surface area contributed by atoms with Gasteiger partial charge in [-0.25, -0.2) is 4.98 Å². The third-order valence-corrected chi connectivity index (χ3v) is 5.94. The van der Waals surface area contributed by atoms with E-state index in [0.29, 0.717) is 44.9 Å². The fraction of sp³-hybridized carbons (Fsp3) is 0.550. The standard InChI is InChI=1S/C20H26N6O3/c1-14-13-29-10-7-25(14)18-11-16(20(27)4-2-8-28-9-5-20)15-12-22-26(19(15)23-18)17-3-6-21-24-17/h3,6,11-12,14,27H,2,4-5,7-10,13H2,1H3,(H,21,24)/t14-,20?/m1/s1. The van der Waals surface area contributed by atoms with E-state index in [0.717, 1.165) is 35.6 Å². The SMILES string of the molecule is C[C@@H]1COCCN1c1cc(C2(O)CCCOCC2)c2cnn(-c3ccn[nH]3)c2n1. The van der Waals surface area contributed by atoms with Crippen LogP contribution in [0.3, 0.4) is 0 Å². The monoisotopic (exact) mass is 398 g/mol. The molecule has 5 heterocycles. The number of morpholine rings is 1. The van der Waals surface area contributed by atoms with Crippen molar-refractivity contribution in [2.75, 3.05) is 37.9 Å². The molecule has 3 aromatic rings. The molecular formula is C20H26N6O3. The average molecular weight is 398 g/mol. The van der Waals surface area contributed by atoms with Crippen LogP contribution in [0.25, 0.3) is 16.9 Å². The highest BCUT2D eigenvalue weighted by Gasteiger charge is 2.35. The van der Waals surface area contributed by atoms with Crippen molar-refractivity contribution in [2.24, 2.45) is 0 Å². The molecule has 2 aliphatic rings. The van der Waals surface area contributed by atoms with Gasteiger partial charge in [0.1, 0.15) is 5.82 Å². The van der Waals surface area contributed by atoms with Crippen LogP contribution < -0.4 is 4.90 Å². The van der Waals surface area contributed by atoms with Crippen LogP contribution >= 0.6 is 0 Å². The Hall–Kier alpha value is -2.49. The minimum atomic E-state index is -0.968. The number of fused-ring (bicyclic) bond motifs is 1. The fourth-order valence-corrected chi connectivity index (χ4v) is 4.33. The number of aromatic amines is 1. The second kappa shape index (κ2) is 7.40. The molecule has 0 spiro atoms. The van der Waals surface area contributed by atoms with E-state index < -0.39 is 5.60 Å². The number of ether oxygens (including phenoxy) is 2. The third-order valence-electron chi connectivity index (χ3n) is 5.94. The molecule has 9 heteroatoms. The minimum Gasteiger partial charge on any atom is -0.385 e. The summed E-state index contributed by atoms with van der Waals surface area (Å²) in [6, 6.07) is 4.10. The van der Waals surface area contributed by atoms with Gasteiger partial charge in [0, 0.05) is 37.6 Å². The summed E-state index contributed by atoms with van der Waals surface area (Å²) in [5.74, 6) is 1.57. The lowest BCUT2D eigenvalue weighted by Crippen LogP contribution is -2.44. The number of anilines is 1. The zero-order chi connectivity index (χ0) is 19.8. The molecule has 2 saturated heterocycles. The number of aromatic nitrogens is 5. The molecule has 0 saturated carbocycles. The summed E-state index contributed by atoms with van der Waals surface area (Å²) in [5, 5.41) is 24.0. The molecule has 2 fully saturated rings. The van der Waals surface area contributed by atoms with E-state index in [2.05, 4.69) is 27.1 Å². The molecule has 2 aliphatic heterocycles. The highest BCUT2D eigenvalue weighted by atomic mass is 16.5. The van der Waals surface area contributed by atoms with Crippen molar-refractivity contribution in [1.82, 2.24) is 25.0 Å². The Labute approximate surface area is 168 Å². The number of hydrogen-bond donors (Lipinski definition) is 2. The normalized spacial score (nSPS) is 26.0. The van der Waals surface area contributed by atoms with Crippen molar-refractivity contribution in [1.29, 1.82) is 0 Å². The summed E-state index contributed by atoms with van der Waals surface area (Å²) in [6.45, 7) is 5.43. The highest BCUT2D eigenvalue weighted by Crippen LogP contribution is 2.38. The molecule has 0 amide bonds. The van der Waals surface area contributed by atoms with E-state index in [1.807, 2.05) is 12.1 Å². The Morgan fingerprint density at radius 2 is 2.17 bits per heavy atom. The maximum atomic E-state index is 11.6. The third kappa shape index (κ3) is 3.29. The lowest BCUT2D eigenvalue weighted by Gasteiger charge is -2.35. The highest BCUT2D eigenvalue weighted by molar-refractivity contribution is 5.83. The van der Waals surface area contributed by atoms with Crippen LogP contribution in [-0.2, 0) is 15.1 Å². The van der Waals surface area contributed by atoms with Crippen LogP contribution in [-0.4, -0.2) is 69.1 Å². The maximum absolute atomic E-state index is 11.6. The molecule has 2 atom stereocenters. The van der Waals surface area contributed by atoms with Gasteiger partial charge in [-0.3, -0.25) is 5.10 Å². The van der Waals surface area contributed by atoms with E-state index in [1.54, 1.807) is 17.1 Å². The van der Waals surface area contributed by atoms with Gasteiger partial charge in [-0.2, -0.15) is 14.9 Å². The van der Waals surface area contributed by atoms with Crippen molar-refractivity contribution >= 4 is 16.9 Å². The largest absolute Gasteiger partial charge is 0.385 e. The summed E-state index contributed by atoms with van der Waals surface area (Å²) < 4.78 is 13.0. The van der Waals surface area contributed by atoms with Gasteiger partial charge < -0.3 is 19.5 Å². The minimum absolute atomic E-state index is 0.206. The molecule has 3 aromatic heterocycles. The fourth-order valence-electron chi connectivity index (χ4n) is 4.33. The zero-order valence-electron chi connectivity index (χ0n) is 16.5. The van der Waals surface area contributed by atoms with E-state index in [9.17, 15) is 5.11 Å². The molecule has 154 valence electrons. The van der Waals surface area contributed by atoms with Gasteiger partial charge in [0.2, 0.25) is 0 Å². The molecule has 9 nitrogen and oxygen atoms in total. The first-order valence-electron chi connectivity index (χ1n) is 10.2. The number of pyridine rings is 1. The Balaban J connectivity index is 1.70. The number of rotatable bonds is 3. The van der Waals surface area contributed by atoms with Crippen molar-refractivity contribution in [3.8, 4) is 5.82 Å². The van der Waals surface area contributed by atoms with Crippen LogP contribution in [0.2, 0.25) is 0 Å². The number of aliphatic hydroxyl groups is 1. The van der Waals surface area contributed by atoms with Gasteiger partial charge in [0.05, 0.1) is 37.3 Å². The van der Waals surface area contributed by atoms with Crippen LogP contribution in [0.4, 0.5) is 5.82 Å². The lowest BCUT2D eigenvalue weighted by atomic mass is 9.85. The summed E-state index contributed by atoms with van der Waals surface area (Å²) in [6.07, 6.45) is 5.50. The first-order valence-corrected chi connectivity index (χ1v) is 10.2. The van der Waals surface area contributed by atoms with E-state index in [1.165, 1.54) is 0 Å². The molecular weight excluding hydrogens is 372 g/mol. The number of H-pyrrole nitrogens is 1. The molecule has 1 unspecified atom stereocenters. The molecule has 29 heavy (non-hydrogen) atoms. The van der Waals surface area contributed by atoms with Crippen molar-refractivity contribution in [3.63, 3.8) is 0 Å². The summed E-state index contributed by atoms with van der Waals surface area (Å²) >= 11 is 0. The predicted octanol–water partition coefficient (Wildman–Crippen LogP) is 1.76. The molecule has 0 aromatic carbocycles. The average Bonchev–Trinajstić information content (AvgIpc) is 3.34. The molecule has 0 aliphatic carbocycles. The Morgan fingerprint density at radius 1 is 1.24 bits per heavy atom. The quantitative estimate of drug-likeness (QED) is 0.693. The summed E-state index contributed by atoms with van der Waals surface area (Å²) in [5.41, 5.74) is 0.607. The van der Waals surface area contributed by atoms with Crippen molar-refractivity contribution in [2.45, 2.75) is 37.8 Å². The van der Waals surface area contributed by atoms with E-state index >= 15 is 0 Å². The Morgan fingerprint density at radius 3 is 3.00 bits per heavy atom. The van der Waals surface area contributed by atoms with Crippen LogP contribution in [0.15, 0.2) is 24.5 Å². The first kappa shape index (κ1) is 18.5. The van der Waals surface area contributed by atoms with Gasteiger partial charge in [-0.05, 0) is 31.4 Å². The van der Waals surface area contributed by atoms with Crippen LogP contribution in [0.1, 0.15) is 31.7 Å². The molecule has 2 N–H and O–H groups in total. The summed E-state index contributed by atoms with van der Waals surface area (Å²) in [7, 11) is 0. The molecule has 0 radical (unpaired) electrons. The van der Waals surface area contributed by atoms with Gasteiger partial charge in [-0.1, -0.05) is 0 Å². The van der Waals surface area contributed by atoms with Crippen molar-refractivity contribution < 1.29 is 14.6 Å². The Bertz CT molecular complexity index is 978. The van der Waals surface area contributed by atoms with Gasteiger partial charge in [-0.15, -0.1) is 0 Å². The summed E-state index contributed by atoms with van der Waals surface area (Å²) in [4.78, 5) is 7.20. The Kier molecular flexibility index (Phi) is 4.73. The molecule has 5 rings (SSSR count). The number of nitrogens with zero attached hydrogens (tertiary/aromatic N) is 5. The van der Waals surface area contributed by atoms with Gasteiger partial charge in [0.15, 0.2) is 11.5 Å². The van der Waals surface area contributed by atoms with Crippen LogP contribution in [0.5, 0.6) is 0 Å². The zero-order valence-corrected chi connectivity index (χ0v) is 16.5. The van der Waals surface area contributed by atoms with Gasteiger partial charge >= 0.3 is 0 Å². The van der Waals surface area contributed by atoms with E-state index in [4.69, 9.17) is 14.5 Å². The topological polar surface area (TPSA) is 101 Å². The molecule has 0 bridgehead atoms. The lowest BCUT2D eigenvalue weighted by molar-refractivity contribution is 0.0157. The van der Waals surface area contributed by atoms with Gasteiger partial charge in [0.25, 0.3) is 0 Å². The number of hydrogen-bond acceptors (Lipinski definition) is 7. The first-order chi connectivity index (χ1) is 14.2. The van der Waals surface area contributed by atoms with Crippen molar-refractivity contribution in [3.05, 3.63) is 30.1 Å². The maximum Gasteiger partial charge on any atom is 0.167 e.